The largest absolute Gasteiger partial charge is 0.298 e. The first-order valence-electron chi connectivity index (χ1n) is 4.26. The van der Waals surface area contributed by atoms with Gasteiger partial charge in [0.15, 0.2) is 0 Å². The summed E-state index contributed by atoms with van der Waals surface area (Å²) in [5.74, 6) is 0. The van der Waals surface area contributed by atoms with E-state index in [1.54, 1.807) is 6.92 Å². The summed E-state index contributed by atoms with van der Waals surface area (Å²) in [4.78, 5) is 21.3. The van der Waals surface area contributed by atoms with Crippen molar-refractivity contribution >= 4 is 12.6 Å². The third-order valence-electron chi connectivity index (χ3n) is 2.21. The lowest BCUT2D eigenvalue weighted by atomic mass is 9.99. The van der Waals surface area contributed by atoms with Gasteiger partial charge in [-0.25, -0.2) is 0 Å². The Kier molecular flexibility index (Phi) is 2.96. The molecule has 0 aliphatic heterocycles. The SMILES string of the molecule is CCc1cc(C=O)c(C)c(C=O)c1. The van der Waals surface area contributed by atoms with Crippen molar-refractivity contribution in [1.82, 2.24) is 0 Å². The normalized spacial score (nSPS) is 9.69. The molecule has 0 saturated carbocycles. The van der Waals surface area contributed by atoms with E-state index in [-0.39, 0.29) is 0 Å². The summed E-state index contributed by atoms with van der Waals surface area (Å²) in [5, 5.41) is 0. The quantitative estimate of drug-likeness (QED) is 0.661. The van der Waals surface area contributed by atoms with Crippen molar-refractivity contribution in [2.75, 3.05) is 0 Å². The maximum atomic E-state index is 10.6. The predicted octanol–water partition coefficient (Wildman–Crippen LogP) is 2.18. The summed E-state index contributed by atoms with van der Waals surface area (Å²) < 4.78 is 0. The van der Waals surface area contributed by atoms with E-state index in [2.05, 4.69) is 0 Å². The second-order valence-corrected chi connectivity index (χ2v) is 2.99. The van der Waals surface area contributed by atoms with Crippen LogP contribution in [-0.2, 0) is 6.42 Å². The molecule has 2 nitrogen and oxygen atoms in total. The molecule has 13 heavy (non-hydrogen) atoms. The summed E-state index contributed by atoms with van der Waals surface area (Å²) in [7, 11) is 0. The Balaban J connectivity index is 3.36. The number of hydrogen-bond acceptors (Lipinski definition) is 2. The molecule has 2 heteroatoms. The molecule has 0 spiro atoms. The van der Waals surface area contributed by atoms with E-state index in [0.717, 1.165) is 30.1 Å². The van der Waals surface area contributed by atoms with Crippen LogP contribution in [0.15, 0.2) is 12.1 Å². The van der Waals surface area contributed by atoms with Gasteiger partial charge in [0.1, 0.15) is 12.6 Å². The van der Waals surface area contributed by atoms with Gasteiger partial charge in [0.2, 0.25) is 0 Å². The maximum Gasteiger partial charge on any atom is 0.150 e. The van der Waals surface area contributed by atoms with E-state index >= 15 is 0 Å². The van der Waals surface area contributed by atoms with Crippen LogP contribution in [-0.4, -0.2) is 12.6 Å². The molecule has 0 saturated heterocycles. The first kappa shape index (κ1) is 9.65. The fraction of sp³-hybridized carbons (Fsp3) is 0.273. The number of rotatable bonds is 3. The second kappa shape index (κ2) is 3.99. The molecule has 0 aromatic heterocycles. The minimum Gasteiger partial charge on any atom is -0.298 e. The summed E-state index contributed by atoms with van der Waals surface area (Å²) >= 11 is 0. The minimum absolute atomic E-state index is 0.612. The molecule has 1 aromatic carbocycles. The molecule has 0 amide bonds. The zero-order valence-electron chi connectivity index (χ0n) is 7.83. The van der Waals surface area contributed by atoms with Crippen LogP contribution in [0.4, 0.5) is 0 Å². The van der Waals surface area contributed by atoms with Crippen molar-refractivity contribution in [3.63, 3.8) is 0 Å². The van der Waals surface area contributed by atoms with Crippen LogP contribution in [0.3, 0.4) is 0 Å². The highest BCUT2D eigenvalue weighted by atomic mass is 16.1. The summed E-state index contributed by atoms with van der Waals surface area (Å²) in [6, 6.07) is 3.66. The van der Waals surface area contributed by atoms with Gasteiger partial charge in [-0.1, -0.05) is 6.92 Å². The predicted molar refractivity (Wildman–Crippen MR) is 51.3 cm³/mol. The molecule has 0 bridgehead atoms. The van der Waals surface area contributed by atoms with Gasteiger partial charge in [-0.05, 0) is 36.6 Å². The highest BCUT2D eigenvalue weighted by molar-refractivity contribution is 5.86. The van der Waals surface area contributed by atoms with Crippen molar-refractivity contribution in [1.29, 1.82) is 0 Å². The van der Waals surface area contributed by atoms with Gasteiger partial charge in [-0.15, -0.1) is 0 Å². The van der Waals surface area contributed by atoms with Gasteiger partial charge in [-0.3, -0.25) is 9.59 Å². The van der Waals surface area contributed by atoms with Gasteiger partial charge >= 0.3 is 0 Å². The molecule has 0 heterocycles. The van der Waals surface area contributed by atoms with Crippen LogP contribution in [0.25, 0.3) is 0 Å². The summed E-state index contributed by atoms with van der Waals surface area (Å²) in [5.41, 5.74) is 3.01. The van der Waals surface area contributed by atoms with Crippen molar-refractivity contribution in [2.24, 2.45) is 0 Å². The van der Waals surface area contributed by atoms with Gasteiger partial charge in [0.05, 0.1) is 0 Å². The average molecular weight is 176 g/mol. The average Bonchev–Trinajstić information content (AvgIpc) is 2.18. The van der Waals surface area contributed by atoms with Crippen molar-refractivity contribution in [3.05, 3.63) is 34.4 Å². The topological polar surface area (TPSA) is 34.1 Å². The molecule has 1 aromatic rings. The van der Waals surface area contributed by atoms with Gasteiger partial charge in [0.25, 0.3) is 0 Å². The number of carbonyl (C=O) groups is 2. The van der Waals surface area contributed by atoms with Crippen LogP contribution in [0.5, 0.6) is 0 Å². The molecule has 0 atom stereocenters. The summed E-state index contributed by atoms with van der Waals surface area (Å²) in [6.45, 7) is 3.78. The third-order valence-corrected chi connectivity index (χ3v) is 2.21. The number of hydrogen-bond donors (Lipinski definition) is 0. The van der Waals surface area contributed by atoms with E-state index in [1.807, 2.05) is 19.1 Å². The molecule has 0 unspecified atom stereocenters. The number of aldehydes is 2. The molecular weight excluding hydrogens is 164 g/mol. The van der Waals surface area contributed by atoms with Crippen LogP contribution in [0.1, 0.15) is 38.8 Å². The standard InChI is InChI=1S/C11H12O2/c1-3-9-4-10(6-12)8(2)11(5-9)7-13/h4-7H,3H2,1-2H3. The minimum atomic E-state index is 0.612. The number of aryl methyl sites for hydroxylation is 1. The Hall–Kier alpha value is -1.44. The Morgan fingerprint density at radius 2 is 1.62 bits per heavy atom. The molecule has 68 valence electrons. The lowest BCUT2D eigenvalue weighted by Gasteiger charge is -2.05. The van der Waals surface area contributed by atoms with Gasteiger partial charge < -0.3 is 0 Å². The Morgan fingerprint density at radius 1 is 1.15 bits per heavy atom. The Labute approximate surface area is 77.6 Å². The highest BCUT2D eigenvalue weighted by Gasteiger charge is 2.04. The number of carbonyl (C=O) groups excluding carboxylic acids is 2. The fourth-order valence-electron chi connectivity index (χ4n) is 1.27. The highest BCUT2D eigenvalue weighted by Crippen LogP contribution is 2.14. The lowest BCUT2D eigenvalue weighted by Crippen LogP contribution is -1.96. The van der Waals surface area contributed by atoms with Gasteiger partial charge in [0, 0.05) is 11.1 Å². The van der Waals surface area contributed by atoms with Crippen LogP contribution in [0.2, 0.25) is 0 Å². The summed E-state index contributed by atoms with van der Waals surface area (Å²) in [6.07, 6.45) is 2.42. The smallest absolute Gasteiger partial charge is 0.150 e. The Bertz CT molecular complexity index is 311. The monoisotopic (exact) mass is 176 g/mol. The van der Waals surface area contributed by atoms with Crippen LogP contribution >= 0.6 is 0 Å². The third kappa shape index (κ3) is 1.83. The maximum absolute atomic E-state index is 10.6. The van der Waals surface area contributed by atoms with E-state index in [1.165, 1.54) is 0 Å². The Morgan fingerprint density at radius 3 is 1.92 bits per heavy atom. The van der Waals surface area contributed by atoms with E-state index in [9.17, 15) is 9.59 Å². The molecule has 0 aliphatic carbocycles. The van der Waals surface area contributed by atoms with Crippen LogP contribution in [0, 0.1) is 6.92 Å². The molecule has 0 fully saturated rings. The fourth-order valence-corrected chi connectivity index (χ4v) is 1.27. The molecule has 0 N–H and O–H groups in total. The zero-order chi connectivity index (χ0) is 9.84. The first-order valence-corrected chi connectivity index (χ1v) is 4.26. The van der Waals surface area contributed by atoms with Crippen molar-refractivity contribution in [2.45, 2.75) is 20.3 Å². The number of benzene rings is 1. The second-order valence-electron chi connectivity index (χ2n) is 2.99. The molecular formula is C11H12O2. The van der Waals surface area contributed by atoms with E-state index in [0.29, 0.717) is 11.1 Å². The zero-order valence-corrected chi connectivity index (χ0v) is 7.83. The lowest BCUT2D eigenvalue weighted by molar-refractivity contribution is 0.112. The van der Waals surface area contributed by atoms with Crippen LogP contribution < -0.4 is 0 Å². The van der Waals surface area contributed by atoms with Crippen molar-refractivity contribution < 1.29 is 9.59 Å². The van der Waals surface area contributed by atoms with Crippen molar-refractivity contribution in [3.8, 4) is 0 Å². The first-order chi connectivity index (χ1) is 6.22. The van der Waals surface area contributed by atoms with E-state index in [4.69, 9.17) is 0 Å². The van der Waals surface area contributed by atoms with E-state index < -0.39 is 0 Å². The van der Waals surface area contributed by atoms with Gasteiger partial charge in [-0.2, -0.15) is 0 Å². The molecule has 0 aliphatic rings. The molecule has 0 radical (unpaired) electrons. The molecule has 1 rings (SSSR count).